The van der Waals surface area contributed by atoms with Crippen LogP contribution in [0.5, 0.6) is 0 Å². The van der Waals surface area contributed by atoms with Crippen LogP contribution < -0.4 is 10.2 Å². The first-order valence-electron chi connectivity index (χ1n) is 13.8. The number of para-hydroxylation sites is 1. The molecule has 0 spiro atoms. The maximum Gasteiger partial charge on any atom is 0.0528 e. The molecule has 196 valence electrons. The fraction of sp³-hybridized carbons (Fsp3) is 0. The van der Waals surface area contributed by atoms with Crippen LogP contribution in [-0.4, -0.2) is 4.57 Å². The summed E-state index contributed by atoms with van der Waals surface area (Å²) >= 11 is 0. The normalized spacial score (nSPS) is 11.0. The molecule has 1 atom stereocenters. The quantitative estimate of drug-likeness (QED) is 0.189. The highest BCUT2D eigenvalue weighted by Gasteiger charge is 2.13. The summed E-state index contributed by atoms with van der Waals surface area (Å²) in [7, 11) is 2.78. The Kier molecular flexibility index (Phi) is 6.69. The molecule has 41 heavy (non-hydrogen) atoms. The van der Waals surface area contributed by atoms with E-state index in [1.165, 1.54) is 38.5 Å². The van der Waals surface area contributed by atoms with E-state index in [4.69, 9.17) is 0 Å². The smallest absolute Gasteiger partial charge is 0.0528 e. The number of hydrogen-bond acceptors (Lipinski definition) is 1. The zero-order valence-electron chi connectivity index (χ0n) is 22.6. The van der Waals surface area contributed by atoms with Crippen LogP contribution in [0.2, 0.25) is 0 Å². The number of anilines is 3. The van der Waals surface area contributed by atoms with Gasteiger partial charge in [0, 0.05) is 28.9 Å². The third-order valence-electron chi connectivity index (χ3n) is 7.59. The van der Waals surface area contributed by atoms with Crippen molar-refractivity contribution in [3.05, 3.63) is 164 Å². The topological polar surface area (TPSA) is 8.17 Å². The van der Waals surface area contributed by atoms with E-state index < -0.39 is 0 Å². The summed E-state index contributed by atoms with van der Waals surface area (Å²) in [5, 5.41) is 2.42. The number of aromatic nitrogens is 1. The number of nitrogens with zero attached hydrogens (tertiary/aromatic N) is 2. The summed E-state index contributed by atoms with van der Waals surface area (Å²) in [5.74, 6) is 0. The minimum Gasteiger partial charge on any atom is -0.317 e. The first kappa shape index (κ1) is 25.1. The van der Waals surface area contributed by atoms with Gasteiger partial charge >= 0.3 is 0 Å². The molecule has 1 unspecified atom stereocenters. The van der Waals surface area contributed by atoms with Crippen molar-refractivity contribution in [2.24, 2.45) is 0 Å². The fourth-order valence-corrected chi connectivity index (χ4v) is 5.62. The van der Waals surface area contributed by atoms with Gasteiger partial charge in [0.25, 0.3) is 0 Å². The molecule has 0 N–H and O–H groups in total. The van der Waals surface area contributed by atoms with Crippen molar-refractivity contribution in [2.45, 2.75) is 0 Å². The largest absolute Gasteiger partial charge is 0.317 e. The number of rotatable bonds is 6. The highest BCUT2D eigenvalue weighted by Crippen LogP contribution is 2.36. The molecule has 1 heterocycles. The number of hydrogen-bond donors (Lipinski definition) is 0. The van der Waals surface area contributed by atoms with Gasteiger partial charge in [-0.05, 0) is 93.6 Å². The van der Waals surface area contributed by atoms with Gasteiger partial charge in [0.05, 0.1) is 5.52 Å². The van der Waals surface area contributed by atoms with Crippen molar-refractivity contribution in [3.8, 4) is 27.9 Å². The van der Waals surface area contributed by atoms with Crippen LogP contribution in [0.25, 0.3) is 38.8 Å². The Labute approximate surface area is 243 Å². The van der Waals surface area contributed by atoms with E-state index in [2.05, 4.69) is 183 Å². The molecule has 0 fully saturated rings. The second-order valence-corrected chi connectivity index (χ2v) is 10.8. The van der Waals surface area contributed by atoms with Crippen molar-refractivity contribution in [1.29, 1.82) is 0 Å². The number of benzene rings is 6. The average molecular weight is 545 g/mol. The summed E-state index contributed by atoms with van der Waals surface area (Å²) in [5.41, 5.74) is 10.6. The molecule has 3 heteroatoms. The monoisotopic (exact) mass is 544 g/mol. The molecule has 7 rings (SSSR count). The minimum atomic E-state index is 1.12. The molecule has 0 saturated carbocycles. The van der Waals surface area contributed by atoms with Gasteiger partial charge in [0.2, 0.25) is 0 Å². The van der Waals surface area contributed by atoms with Crippen molar-refractivity contribution >= 4 is 42.5 Å². The van der Waals surface area contributed by atoms with Crippen molar-refractivity contribution in [1.82, 2.24) is 4.57 Å². The molecule has 1 aromatic heterocycles. The van der Waals surface area contributed by atoms with E-state index in [0.29, 0.717) is 0 Å². The van der Waals surface area contributed by atoms with E-state index >= 15 is 0 Å². The highest BCUT2D eigenvalue weighted by molar-refractivity contribution is 7.27. The Bertz CT molecular complexity index is 1900. The first-order chi connectivity index (χ1) is 20.2. The molecule has 0 aliphatic heterocycles. The lowest BCUT2D eigenvalue weighted by Crippen LogP contribution is -2.10. The van der Waals surface area contributed by atoms with E-state index in [0.717, 1.165) is 22.7 Å². The van der Waals surface area contributed by atoms with Crippen LogP contribution in [0.3, 0.4) is 0 Å². The predicted octanol–water partition coefficient (Wildman–Crippen LogP) is 9.93. The molecular formula is C38H29N2P. The average Bonchev–Trinajstić information content (AvgIpc) is 3.48. The fourth-order valence-electron chi connectivity index (χ4n) is 5.43. The molecular weight excluding hydrogens is 515 g/mol. The molecule has 0 aliphatic rings. The Morgan fingerprint density at radius 1 is 0.415 bits per heavy atom. The van der Waals surface area contributed by atoms with Crippen molar-refractivity contribution in [3.63, 3.8) is 0 Å². The second-order valence-electron chi connectivity index (χ2n) is 10.2. The van der Waals surface area contributed by atoms with Crippen molar-refractivity contribution in [2.75, 3.05) is 4.90 Å². The minimum absolute atomic E-state index is 1.12. The van der Waals surface area contributed by atoms with Crippen LogP contribution in [-0.2, 0) is 0 Å². The Morgan fingerprint density at radius 2 is 0.878 bits per heavy atom. The van der Waals surface area contributed by atoms with Gasteiger partial charge in [-0.2, -0.15) is 0 Å². The molecule has 0 bridgehead atoms. The van der Waals surface area contributed by atoms with Gasteiger partial charge < -0.3 is 9.47 Å². The zero-order chi connectivity index (χ0) is 27.6. The number of fused-ring (bicyclic) bond motifs is 1. The maximum atomic E-state index is 2.78. The zero-order valence-corrected chi connectivity index (χ0v) is 23.7. The van der Waals surface area contributed by atoms with E-state index in [1.54, 1.807) is 0 Å². The maximum absolute atomic E-state index is 2.78. The summed E-state index contributed by atoms with van der Waals surface area (Å²) in [4.78, 5) is 2.31. The predicted molar refractivity (Wildman–Crippen MR) is 178 cm³/mol. The molecule has 7 aromatic rings. The van der Waals surface area contributed by atoms with Gasteiger partial charge in [-0.25, -0.2) is 0 Å². The van der Waals surface area contributed by atoms with E-state index in [9.17, 15) is 0 Å². The van der Waals surface area contributed by atoms with E-state index in [-0.39, 0.29) is 0 Å². The van der Waals surface area contributed by atoms with Gasteiger partial charge in [-0.1, -0.05) is 97.1 Å². The van der Waals surface area contributed by atoms with Gasteiger partial charge in [0.1, 0.15) is 0 Å². The standard InChI is InChI=1S/C38H29N2P/c41-37-24-22-36(23-25-37)40(34-18-12-29(13-19-34)28-6-2-1-3-7-28)35-20-14-31(15-21-35)30-10-16-33(17-11-30)39-27-26-32-8-4-5-9-38(32)39/h1-27H,41H2. The van der Waals surface area contributed by atoms with Crippen LogP contribution in [0.1, 0.15) is 0 Å². The molecule has 0 aliphatic carbocycles. The molecule has 0 amide bonds. The van der Waals surface area contributed by atoms with Gasteiger partial charge in [0.15, 0.2) is 0 Å². The summed E-state index contributed by atoms with van der Waals surface area (Å²) in [6, 6.07) is 56.2. The lowest BCUT2D eigenvalue weighted by molar-refractivity contribution is 1.13. The molecule has 2 nitrogen and oxygen atoms in total. The third kappa shape index (κ3) is 5.07. The van der Waals surface area contributed by atoms with Gasteiger partial charge in [-0.15, -0.1) is 9.24 Å². The highest BCUT2D eigenvalue weighted by atomic mass is 31.0. The van der Waals surface area contributed by atoms with E-state index in [1.807, 2.05) is 0 Å². The lowest BCUT2D eigenvalue weighted by atomic mass is 10.0. The lowest BCUT2D eigenvalue weighted by Gasteiger charge is -2.26. The Hall–Kier alpha value is -4.91. The molecule has 0 radical (unpaired) electrons. The van der Waals surface area contributed by atoms with Crippen LogP contribution in [0, 0.1) is 0 Å². The second kappa shape index (κ2) is 10.9. The SMILES string of the molecule is Pc1ccc(N(c2ccc(-c3ccccc3)cc2)c2ccc(-c3ccc(-n4ccc5ccccc54)cc3)cc2)cc1. The van der Waals surface area contributed by atoms with Crippen LogP contribution in [0.4, 0.5) is 17.1 Å². The molecule has 6 aromatic carbocycles. The first-order valence-corrected chi connectivity index (χ1v) is 14.4. The van der Waals surface area contributed by atoms with Crippen LogP contribution >= 0.6 is 9.24 Å². The Balaban J connectivity index is 1.19. The summed E-state index contributed by atoms with van der Waals surface area (Å²) < 4.78 is 2.24. The summed E-state index contributed by atoms with van der Waals surface area (Å²) in [6.07, 6.45) is 2.14. The van der Waals surface area contributed by atoms with Crippen molar-refractivity contribution < 1.29 is 0 Å². The summed E-state index contributed by atoms with van der Waals surface area (Å²) in [6.45, 7) is 0. The Morgan fingerprint density at radius 3 is 1.46 bits per heavy atom. The van der Waals surface area contributed by atoms with Gasteiger partial charge in [-0.3, -0.25) is 0 Å². The molecule has 0 saturated heterocycles. The van der Waals surface area contributed by atoms with Crippen LogP contribution in [0.15, 0.2) is 164 Å². The third-order valence-corrected chi connectivity index (χ3v) is 7.97.